The molecule has 0 N–H and O–H groups in total. The molecule has 0 spiro atoms. The molecule has 5 heteroatoms. The maximum atomic E-state index is 11.7. The van der Waals surface area contributed by atoms with Crippen LogP contribution in [0, 0.1) is 0 Å². The third kappa shape index (κ3) is 3.23. The maximum Gasteiger partial charge on any atom is 0.354 e. The SMILES string of the molecule is CCOC(=O)C1=NN(Cc2ccccc2)C(C(C)=O)C1. The Balaban J connectivity index is 2.14. The number of Topliss-reactive ketones (excluding diaryl/α,β-unsaturated/α-hetero) is 1. The van der Waals surface area contributed by atoms with Gasteiger partial charge < -0.3 is 4.74 Å². The Morgan fingerprint density at radius 1 is 1.35 bits per heavy atom. The number of ketones is 1. The second-order valence-electron chi connectivity index (χ2n) is 4.68. The molecule has 20 heavy (non-hydrogen) atoms. The molecule has 2 rings (SSSR count). The number of nitrogens with zero attached hydrogens (tertiary/aromatic N) is 2. The lowest BCUT2D eigenvalue weighted by Gasteiger charge is -2.21. The van der Waals surface area contributed by atoms with Gasteiger partial charge in [-0.25, -0.2) is 4.79 Å². The number of esters is 1. The van der Waals surface area contributed by atoms with Crippen LogP contribution in [0.4, 0.5) is 0 Å². The summed E-state index contributed by atoms with van der Waals surface area (Å²) >= 11 is 0. The van der Waals surface area contributed by atoms with Gasteiger partial charge in [-0.3, -0.25) is 9.80 Å². The summed E-state index contributed by atoms with van der Waals surface area (Å²) in [4.78, 5) is 23.4. The van der Waals surface area contributed by atoms with Crippen LogP contribution in [0.15, 0.2) is 35.4 Å². The zero-order valence-electron chi connectivity index (χ0n) is 11.7. The molecule has 1 aliphatic rings. The van der Waals surface area contributed by atoms with Crippen molar-refractivity contribution in [1.82, 2.24) is 5.01 Å². The van der Waals surface area contributed by atoms with Crippen LogP contribution >= 0.6 is 0 Å². The van der Waals surface area contributed by atoms with Crippen LogP contribution in [0.1, 0.15) is 25.8 Å². The molecule has 0 bridgehead atoms. The van der Waals surface area contributed by atoms with E-state index in [-0.39, 0.29) is 11.8 Å². The van der Waals surface area contributed by atoms with E-state index in [4.69, 9.17) is 4.74 Å². The Labute approximate surface area is 118 Å². The first-order valence-electron chi connectivity index (χ1n) is 6.67. The van der Waals surface area contributed by atoms with E-state index in [1.807, 2.05) is 30.3 Å². The van der Waals surface area contributed by atoms with E-state index < -0.39 is 5.97 Å². The van der Waals surface area contributed by atoms with Crippen molar-refractivity contribution in [3.8, 4) is 0 Å². The lowest BCUT2D eigenvalue weighted by atomic mass is 10.1. The highest BCUT2D eigenvalue weighted by molar-refractivity contribution is 6.37. The zero-order chi connectivity index (χ0) is 14.5. The van der Waals surface area contributed by atoms with Crippen LogP contribution in [-0.2, 0) is 20.9 Å². The lowest BCUT2D eigenvalue weighted by molar-refractivity contribution is -0.135. The van der Waals surface area contributed by atoms with Crippen molar-refractivity contribution in [2.45, 2.75) is 32.9 Å². The number of rotatable bonds is 5. The monoisotopic (exact) mass is 274 g/mol. The van der Waals surface area contributed by atoms with Crippen LogP contribution < -0.4 is 0 Å². The Hall–Kier alpha value is -2.17. The highest BCUT2D eigenvalue weighted by atomic mass is 16.5. The van der Waals surface area contributed by atoms with E-state index in [1.165, 1.54) is 6.92 Å². The number of hydrazone groups is 1. The number of carbonyl (C=O) groups is 2. The first kappa shape index (κ1) is 14.2. The predicted molar refractivity (Wildman–Crippen MR) is 75.1 cm³/mol. The predicted octanol–water partition coefficient (Wildman–Crippen LogP) is 1.77. The molecule has 1 aromatic rings. The molecule has 0 aromatic heterocycles. The van der Waals surface area contributed by atoms with Crippen molar-refractivity contribution >= 4 is 17.5 Å². The van der Waals surface area contributed by atoms with Crippen molar-refractivity contribution in [1.29, 1.82) is 0 Å². The molecule has 5 nitrogen and oxygen atoms in total. The molecule has 0 radical (unpaired) electrons. The summed E-state index contributed by atoms with van der Waals surface area (Å²) in [6.45, 7) is 4.08. The van der Waals surface area contributed by atoms with Gasteiger partial charge in [-0.05, 0) is 19.4 Å². The van der Waals surface area contributed by atoms with Crippen molar-refractivity contribution in [2.75, 3.05) is 6.61 Å². The first-order valence-corrected chi connectivity index (χ1v) is 6.67. The maximum absolute atomic E-state index is 11.7. The van der Waals surface area contributed by atoms with E-state index in [9.17, 15) is 9.59 Å². The molecular formula is C15H18N2O3. The molecule has 1 aliphatic heterocycles. The number of benzene rings is 1. The Kier molecular flexibility index (Phi) is 4.50. The molecule has 0 saturated carbocycles. The van der Waals surface area contributed by atoms with Gasteiger partial charge in [0, 0.05) is 6.42 Å². The fraction of sp³-hybridized carbons (Fsp3) is 0.400. The van der Waals surface area contributed by atoms with Gasteiger partial charge in [0.15, 0.2) is 5.78 Å². The first-order chi connectivity index (χ1) is 9.61. The highest BCUT2D eigenvalue weighted by Crippen LogP contribution is 2.20. The normalized spacial score (nSPS) is 17.8. The molecular weight excluding hydrogens is 256 g/mol. The fourth-order valence-electron chi connectivity index (χ4n) is 2.16. The van der Waals surface area contributed by atoms with E-state index in [0.717, 1.165) is 5.56 Å². The van der Waals surface area contributed by atoms with Crippen molar-refractivity contribution in [2.24, 2.45) is 5.10 Å². The lowest BCUT2D eigenvalue weighted by Crippen LogP contribution is -2.32. The van der Waals surface area contributed by atoms with Gasteiger partial charge >= 0.3 is 5.97 Å². The second-order valence-corrected chi connectivity index (χ2v) is 4.68. The largest absolute Gasteiger partial charge is 0.461 e. The Morgan fingerprint density at radius 2 is 2.05 bits per heavy atom. The van der Waals surface area contributed by atoms with E-state index in [2.05, 4.69) is 5.10 Å². The minimum absolute atomic E-state index is 0.00368. The molecule has 0 fully saturated rings. The Morgan fingerprint density at radius 3 is 2.65 bits per heavy atom. The molecule has 1 atom stereocenters. The van der Waals surface area contributed by atoms with Crippen LogP contribution in [0.25, 0.3) is 0 Å². The number of ether oxygens (including phenoxy) is 1. The quantitative estimate of drug-likeness (QED) is 0.768. The van der Waals surface area contributed by atoms with Crippen LogP contribution in [0.2, 0.25) is 0 Å². The molecule has 1 aromatic carbocycles. The number of hydrogen-bond acceptors (Lipinski definition) is 5. The van der Waals surface area contributed by atoms with Gasteiger partial charge in [0.05, 0.1) is 13.2 Å². The van der Waals surface area contributed by atoms with E-state index >= 15 is 0 Å². The number of hydrogen-bond donors (Lipinski definition) is 0. The summed E-state index contributed by atoms with van der Waals surface area (Å²) < 4.78 is 4.94. The average Bonchev–Trinajstić information content (AvgIpc) is 2.84. The van der Waals surface area contributed by atoms with Crippen LogP contribution in [0.3, 0.4) is 0 Å². The standard InChI is InChI=1S/C15H18N2O3/c1-3-20-15(19)13-9-14(11(2)18)17(16-13)10-12-7-5-4-6-8-12/h4-8,14H,3,9-10H2,1-2H3. The number of carbonyl (C=O) groups excluding carboxylic acids is 2. The van der Waals surface area contributed by atoms with Gasteiger partial charge in [0.25, 0.3) is 0 Å². The molecule has 0 saturated heterocycles. The van der Waals surface area contributed by atoms with Crippen molar-refractivity contribution < 1.29 is 14.3 Å². The van der Waals surface area contributed by atoms with Gasteiger partial charge in [-0.1, -0.05) is 30.3 Å². The third-order valence-electron chi connectivity index (χ3n) is 3.16. The highest BCUT2D eigenvalue weighted by Gasteiger charge is 2.33. The molecule has 0 aliphatic carbocycles. The molecule has 0 amide bonds. The van der Waals surface area contributed by atoms with E-state index in [1.54, 1.807) is 11.9 Å². The molecule has 1 unspecified atom stereocenters. The minimum Gasteiger partial charge on any atom is -0.461 e. The zero-order valence-corrected chi connectivity index (χ0v) is 11.7. The summed E-state index contributed by atoms with van der Waals surface area (Å²) in [7, 11) is 0. The van der Waals surface area contributed by atoms with Crippen LogP contribution in [-0.4, -0.2) is 35.1 Å². The van der Waals surface area contributed by atoms with Gasteiger partial charge in [-0.2, -0.15) is 5.10 Å². The summed E-state index contributed by atoms with van der Waals surface area (Å²) in [5.74, 6) is -0.432. The summed E-state index contributed by atoms with van der Waals surface area (Å²) in [6.07, 6.45) is 0.320. The molecule has 1 heterocycles. The van der Waals surface area contributed by atoms with Crippen molar-refractivity contribution in [3.05, 3.63) is 35.9 Å². The third-order valence-corrected chi connectivity index (χ3v) is 3.16. The topological polar surface area (TPSA) is 59.0 Å². The summed E-state index contributed by atoms with van der Waals surface area (Å²) in [6, 6.07) is 9.36. The Bertz CT molecular complexity index is 525. The molecule has 106 valence electrons. The second kappa shape index (κ2) is 6.32. The minimum atomic E-state index is -0.436. The summed E-state index contributed by atoms with van der Waals surface area (Å²) in [5, 5.41) is 5.93. The van der Waals surface area contributed by atoms with Crippen molar-refractivity contribution in [3.63, 3.8) is 0 Å². The summed E-state index contributed by atoms with van der Waals surface area (Å²) in [5.41, 5.74) is 1.37. The average molecular weight is 274 g/mol. The van der Waals surface area contributed by atoms with Gasteiger partial charge in [-0.15, -0.1) is 0 Å². The van der Waals surface area contributed by atoms with E-state index in [0.29, 0.717) is 25.3 Å². The van der Waals surface area contributed by atoms with Gasteiger partial charge in [0.2, 0.25) is 0 Å². The van der Waals surface area contributed by atoms with Crippen LogP contribution in [0.5, 0.6) is 0 Å². The fourth-order valence-corrected chi connectivity index (χ4v) is 2.16. The van der Waals surface area contributed by atoms with Gasteiger partial charge in [0.1, 0.15) is 11.8 Å². The smallest absolute Gasteiger partial charge is 0.354 e.